The zero-order chi connectivity index (χ0) is 12.4. The van der Waals surface area contributed by atoms with Crippen LogP contribution in [0, 0.1) is 17.6 Å². The lowest BCUT2D eigenvalue weighted by Gasteiger charge is -2.25. The van der Waals surface area contributed by atoms with Gasteiger partial charge in [0.25, 0.3) is 0 Å². The van der Waals surface area contributed by atoms with Gasteiger partial charge in [-0.3, -0.25) is 4.90 Å². The number of benzene rings is 1. The number of alkyl halides is 1. The Labute approximate surface area is 109 Å². The van der Waals surface area contributed by atoms with Crippen LogP contribution in [0.15, 0.2) is 18.2 Å². The van der Waals surface area contributed by atoms with Crippen molar-refractivity contribution < 1.29 is 8.78 Å². The fraction of sp³-hybridized carbons (Fsp3) is 0.538. The van der Waals surface area contributed by atoms with Crippen molar-refractivity contribution in [2.75, 3.05) is 11.9 Å². The molecule has 0 saturated carbocycles. The molecule has 0 aromatic heterocycles. The zero-order valence-corrected chi connectivity index (χ0v) is 11.4. The summed E-state index contributed by atoms with van der Waals surface area (Å²) in [6, 6.07) is 4.42. The molecule has 1 aliphatic rings. The molecule has 1 aliphatic heterocycles. The molecule has 2 atom stereocenters. The maximum atomic E-state index is 13.6. The minimum absolute atomic E-state index is 0.188. The molecule has 94 valence electrons. The Bertz CT molecular complexity index is 377. The van der Waals surface area contributed by atoms with Crippen molar-refractivity contribution in [1.29, 1.82) is 0 Å². The smallest absolute Gasteiger partial charge is 0.130 e. The summed E-state index contributed by atoms with van der Waals surface area (Å²) < 4.78 is 27.1. The van der Waals surface area contributed by atoms with Gasteiger partial charge < -0.3 is 0 Å². The van der Waals surface area contributed by atoms with Crippen molar-refractivity contribution in [3.63, 3.8) is 0 Å². The molecular formula is C13H16BrF2N. The summed E-state index contributed by atoms with van der Waals surface area (Å²) in [4.78, 5) is 2.15. The summed E-state index contributed by atoms with van der Waals surface area (Å²) in [5.41, 5.74) is 0.188. The van der Waals surface area contributed by atoms with Gasteiger partial charge in [0, 0.05) is 23.5 Å². The van der Waals surface area contributed by atoms with Crippen LogP contribution in [-0.2, 0) is 6.54 Å². The number of rotatable bonds is 3. The monoisotopic (exact) mass is 303 g/mol. The van der Waals surface area contributed by atoms with Crippen LogP contribution in [0.3, 0.4) is 0 Å². The van der Waals surface area contributed by atoms with E-state index >= 15 is 0 Å². The van der Waals surface area contributed by atoms with Crippen molar-refractivity contribution >= 4 is 15.9 Å². The van der Waals surface area contributed by atoms with E-state index < -0.39 is 11.6 Å². The first-order chi connectivity index (χ1) is 8.13. The predicted molar refractivity (Wildman–Crippen MR) is 68.1 cm³/mol. The molecule has 1 aromatic carbocycles. The topological polar surface area (TPSA) is 3.24 Å². The van der Waals surface area contributed by atoms with E-state index in [0.717, 1.165) is 18.3 Å². The summed E-state index contributed by atoms with van der Waals surface area (Å²) >= 11 is 3.48. The van der Waals surface area contributed by atoms with Crippen molar-refractivity contribution in [3.05, 3.63) is 35.4 Å². The van der Waals surface area contributed by atoms with E-state index in [2.05, 4.69) is 27.8 Å². The van der Waals surface area contributed by atoms with Crippen LogP contribution in [0.4, 0.5) is 8.78 Å². The van der Waals surface area contributed by atoms with Crippen molar-refractivity contribution in [1.82, 2.24) is 4.90 Å². The Morgan fingerprint density at radius 2 is 2.00 bits per heavy atom. The van der Waals surface area contributed by atoms with Crippen LogP contribution in [0.5, 0.6) is 0 Å². The van der Waals surface area contributed by atoms with Gasteiger partial charge in [-0.05, 0) is 31.0 Å². The van der Waals surface area contributed by atoms with Crippen LogP contribution >= 0.6 is 15.9 Å². The Morgan fingerprint density at radius 3 is 2.59 bits per heavy atom. The molecule has 2 rings (SSSR count). The molecule has 0 amide bonds. The summed E-state index contributed by atoms with van der Waals surface area (Å²) in [5.74, 6) is -0.319. The molecule has 0 spiro atoms. The fourth-order valence-electron chi connectivity index (χ4n) is 2.42. The summed E-state index contributed by atoms with van der Waals surface area (Å²) in [7, 11) is 0. The average Bonchev–Trinajstić information content (AvgIpc) is 2.64. The molecule has 1 aromatic rings. The number of nitrogens with zero attached hydrogens (tertiary/aromatic N) is 1. The van der Waals surface area contributed by atoms with E-state index in [1.54, 1.807) is 0 Å². The molecule has 0 N–H and O–H groups in total. The maximum absolute atomic E-state index is 13.6. The zero-order valence-electron chi connectivity index (χ0n) is 9.80. The first-order valence-electron chi connectivity index (χ1n) is 5.86. The summed E-state index contributed by atoms with van der Waals surface area (Å²) in [6.07, 6.45) is 1.09. The Kier molecular flexibility index (Phi) is 4.15. The lowest BCUT2D eigenvalue weighted by atomic mass is 10.0. The molecule has 1 heterocycles. The van der Waals surface area contributed by atoms with Crippen LogP contribution in [0.25, 0.3) is 0 Å². The molecule has 0 aliphatic carbocycles. The molecular weight excluding hydrogens is 288 g/mol. The van der Waals surface area contributed by atoms with Gasteiger partial charge in [-0.15, -0.1) is 0 Å². The van der Waals surface area contributed by atoms with E-state index in [0.29, 0.717) is 18.5 Å². The van der Waals surface area contributed by atoms with Gasteiger partial charge >= 0.3 is 0 Å². The number of hydrogen-bond donors (Lipinski definition) is 0. The Morgan fingerprint density at radius 1 is 1.35 bits per heavy atom. The van der Waals surface area contributed by atoms with Gasteiger partial charge in [-0.25, -0.2) is 8.78 Å². The molecule has 17 heavy (non-hydrogen) atoms. The Balaban J connectivity index is 2.16. The second-order valence-electron chi connectivity index (χ2n) is 4.66. The predicted octanol–water partition coefficient (Wildman–Crippen LogP) is 3.57. The first kappa shape index (κ1) is 13.0. The minimum Gasteiger partial charge on any atom is -0.295 e. The highest BCUT2D eigenvalue weighted by Gasteiger charge is 2.31. The fourth-order valence-corrected chi connectivity index (χ4v) is 3.47. The highest BCUT2D eigenvalue weighted by atomic mass is 79.9. The third-order valence-corrected chi connectivity index (χ3v) is 4.24. The van der Waals surface area contributed by atoms with E-state index in [4.69, 9.17) is 0 Å². The van der Waals surface area contributed by atoms with Gasteiger partial charge in [-0.1, -0.05) is 28.9 Å². The molecule has 1 fully saturated rings. The van der Waals surface area contributed by atoms with Gasteiger partial charge in [0.15, 0.2) is 0 Å². The molecule has 4 heteroatoms. The second-order valence-corrected chi connectivity index (χ2v) is 5.31. The van der Waals surface area contributed by atoms with Gasteiger partial charge in [0.2, 0.25) is 0 Å². The second kappa shape index (κ2) is 5.44. The minimum atomic E-state index is -0.446. The lowest BCUT2D eigenvalue weighted by Crippen LogP contribution is -2.33. The van der Waals surface area contributed by atoms with Crippen LogP contribution in [0.2, 0.25) is 0 Å². The summed E-state index contributed by atoms with van der Waals surface area (Å²) in [5, 5.41) is 0.851. The van der Waals surface area contributed by atoms with E-state index in [1.807, 2.05) is 0 Å². The standard InChI is InChI=1S/C13H16BrF2N/c1-9-5-6-17(13(9)7-14)8-10-11(15)3-2-4-12(10)16/h2-4,9,13H,5-8H2,1H3. The average molecular weight is 304 g/mol. The molecule has 2 unspecified atom stereocenters. The van der Waals surface area contributed by atoms with Crippen molar-refractivity contribution in [2.45, 2.75) is 25.9 Å². The number of hydrogen-bond acceptors (Lipinski definition) is 1. The first-order valence-corrected chi connectivity index (χ1v) is 6.98. The van der Waals surface area contributed by atoms with Crippen LogP contribution in [0.1, 0.15) is 18.9 Å². The Hall–Kier alpha value is -0.480. The number of halogens is 3. The SMILES string of the molecule is CC1CCN(Cc2c(F)cccc2F)C1CBr. The van der Waals surface area contributed by atoms with E-state index in [9.17, 15) is 8.78 Å². The van der Waals surface area contributed by atoms with E-state index in [-0.39, 0.29) is 5.56 Å². The largest absolute Gasteiger partial charge is 0.295 e. The quantitative estimate of drug-likeness (QED) is 0.772. The lowest BCUT2D eigenvalue weighted by molar-refractivity contribution is 0.237. The summed E-state index contributed by atoms with van der Waals surface area (Å²) in [6.45, 7) is 3.45. The van der Waals surface area contributed by atoms with Crippen molar-refractivity contribution in [2.24, 2.45) is 5.92 Å². The molecule has 1 nitrogen and oxygen atoms in total. The van der Waals surface area contributed by atoms with Gasteiger partial charge in [0.05, 0.1) is 0 Å². The molecule has 0 bridgehead atoms. The number of likely N-dealkylation sites (tertiary alicyclic amines) is 1. The van der Waals surface area contributed by atoms with Crippen molar-refractivity contribution in [3.8, 4) is 0 Å². The van der Waals surface area contributed by atoms with Crippen LogP contribution < -0.4 is 0 Å². The van der Waals surface area contributed by atoms with Gasteiger partial charge in [0.1, 0.15) is 11.6 Å². The maximum Gasteiger partial charge on any atom is 0.130 e. The van der Waals surface area contributed by atoms with Gasteiger partial charge in [-0.2, -0.15) is 0 Å². The van der Waals surface area contributed by atoms with Crippen LogP contribution in [-0.4, -0.2) is 22.8 Å². The molecule has 0 radical (unpaired) electrons. The third kappa shape index (κ3) is 2.68. The molecule has 1 saturated heterocycles. The van der Waals surface area contributed by atoms with E-state index in [1.165, 1.54) is 18.2 Å². The highest BCUT2D eigenvalue weighted by molar-refractivity contribution is 9.09. The normalized spacial score (nSPS) is 25.4. The highest BCUT2D eigenvalue weighted by Crippen LogP contribution is 2.28. The third-order valence-electron chi connectivity index (χ3n) is 3.58.